The van der Waals surface area contributed by atoms with Crippen LogP contribution in [-0.2, 0) is 10.0 Å². The average Bonchev–Trinajstić information content (AvgIpc) is 2.39. The Labute approximate surface area is 103 Å². The van der Waals surface area contributed by atoms with E-state index in [4.69, 9.17) is 5.84 Å². The van der Waals surface area contributed by atoms with Crippen molar-refractivity contribution in [1.82, 2.24) is 15.0 Å². The van der Waals surface area contributed by atoms with Gasteiger partial charge in [-0.2, -0.15) is 0 Å². The lowest BCUT2D eigenvalue weighted by atomic mass is 10.5. The number of hydrazine groups is 1. The van der Waals surface area contributed by atoms with E-state index < -0.39 is 10.0 Å². The Hall–Kier alpha value is -2.26. The van der Waals surface area contributed by atoms with Gasteiger partial charge in [0.05, 0.1) is 6.20 Å². The Morgan fingerprint density at radius 3 is 2.44 bits per heavy atom. The van der Waals surface area contributed by atoms with E-state index in [0.717, 1.165) is 0 Å². The third kappa shape index (κ3) is 2.70. The summed E-state index contributed by atoms with van der Waals surface area (Å²) in [7, 11) is -3.72. The van der Waals surface area contributed by atoms with Crippen molar-refractivity contribution >= 4 is 21.7 Å². The highest BCUT2D eigenvalue weighted by atomic mass is 32.2. The van der Waals surface area contributed by atoms with E-state index >= 15 is 0 Å². The lowest BCUT2D eigenvalue weighted by Gasteiger charge is -2.06. The fourth-order valence-electron chi connectivity index (χ4n) is 1.17. The average molecular weight is 266 g/mol. The minimum Gasteiger partial charge on any atom is -0.308 e. The molecule has 2 rings (SSSR count). The number of nitrogens with one attached hydrogen (secondary N) is 2. The summed E-state index contributed by atoms with van der Waals surface area (Å²) in [4.78, 5) is 11.4. The van der Waals surface area contributed by atoms with E-state index in [2.05, 4.69) is 25.1 Å². The maximum absolute atomic E-state index is 11.9. The van der Waals surface area contributed by atoms with Gasteiger partial charge in [-0.25, -0.2) is 24.2 Å². The van der Waals surface area contributed by atoms with Crippen molar-refractivity contribution in [3.63, 3.8) is 0 Å². The summed E-state index contributed by atoms with van der Waals surface area (Å²) < 4.78 is 26.1. The standard InChI is InChI=1S/C9H10N6O2S/c10-14-8-2-1-7(5-13-8)18(16,17)15-9-6-11-3-4-12-9/h1-6H,10H2,(H,12,15)(H,13,14). The van der Waals surface area contributed by atoms with Crippen molar-refractivity contribution in [3.05, 3.63) is 36.9 Å². The molecule has 2 aromatic heterocycles. The molecule has 2 aromatic rings. The minimum absolute atomic E-state index is 0.00662. The van der Waals surface area contributed by atoms with Gasteiger partial charge in [-0.1, -0.05) is 0 Å². The first-order chi connectivity index (χ1) is 8.62. The molecule has 0 radical (unpaired) electrons. The molecule has 0 aliphatic heterocycles. The number of nitrogens with two attached hydrogens (primary N) is 1. The number of aromatic nitrogens is 3. The highest BCUT2D eigenvalue weighted by molar-refractivity contribution is 7.92. The van der Waals surface area contributed by atoms with Gasteiger partial charge in [-0.15, -0.1) is 0 Å². The van der Waals surface area contributed by atoms with E-state index in [1.54, 1.807) is 0 Å². The highest BCUT2D eigenvalue weighted by Crippen LogP contribution is 2.13. The number of nitrogen functional groups attached to an aromatic ring is 1. The van der Waals surface area contributed by atoms with Crippen molar-refractivity contribution in [2.45, 2.75) is 4.90 Å². The number of rotatable bonds is 4. The molecule has 4 N–H and O–H groups in total. The van der Waals surface area contributed by atoms with Crippen LogP contribution in [0.2, 0.25) is 0 Å². The Morgan fingerprint density at radius 1 is 1.06 bits per heavy atom. The monoisotopic (exact) mass is 266 g/mol. The topological polar surface area (TPSA) is 123 Å². The third-order valence-electron chi connectivity index (χ3n) is 2.00. The summed E-state index contributed by atoms with van der Waals surface area (Å²) in [6.07, 6.45) is 5.33. The van der Waals surface area contributed by atoms with Gasteiger partial charge in [0.25, 0.3) is 10.0 Å². The Morgan fingerprint density at radius 2 is 1.89 bits per heavy atom. The predicted molar refractivity (Wildman–Crippen MR) is 64.9 cm³/mol. The highest BCUT2D eigenvalue weighted by Gasteiger charge is 2.15. The molecule has 8 nitrogen and oxygen atoms in total. The van der Waals surface area contributed by atoms with Crippen molar-refractivity contribution in [2.24, 2.45) is 5.84 Å². The lowest BCUT2D eigenvalue weighted by Crippen LogP contribution is -2.15. The molecule has 0 saturated carbocycles. The van der Waals surface area contributed by atoms with Gasteiger partial charge >= 0.3 is 0 Å². The van der Waals surface area contributed by atoms with Crippen LogP contribution in [-0.4, -0.2) is 23.4 Å². The molecule has 9 heteroatoms. The molecule has 0 amide bonds. The fraction of sp³-hybridized carbons (Fsp3) is 0. The minimum atomic E-state index is -3.72. The van der Waals surface area contributed by atoms with E-state index in [0.29, 0.717) is 5.82 Å². The van der Waals surface area contributed by atoms with Crippen LogP contribution in [0.15, 0.2) is 41.8 Å². The molecule has 0 unspecified atom stereocenters. The summed E-state index contributed by atoms with van der Waals surface area (Å²) in [5, 5.41) is 0. The number of pyridine rings is 1. The number of nitrogens with zero attached hydrogens (tertiary/aromatic N) is 3. The second kappa shape index (κ2) is 4.94. The zero-order valence-corrected chi connectivity index (χ0v) is 9.92. The van der Waals surface area contributed by atoms with Crippen LogP contribution in [0, 0.1) is 0 Å². The zero-order valence-electron chi connectivity index (χ0n) is 9.11. The number of hydrogen-bond acceptors (Lipinski definition) is 7. The van der Waals surface area contributed by atoms with Crippen LogP contribution in [0.3, 0.4) is 0 Å². The summed E-state index contributed by atoms with van der Waals surface area (Å²) >= 11 is 0. The maximum Gasteiger partial charge on any atom is 0.264 e. The fourth-order valence-corrected chi connectivity index (χ4v) is 2.11. The number of anilines is 2. The summed E-state index contributed by atoms with van der Waals surface area (Å²) in [6, 6.07) is 2.83. The lowest BCUT2D eigenvalue weighted by molar-refractivity contribution is 0.600. The van der Waals surface area contributed by atoms with Crippen molar-refractivity contribution < 1.29 is 8.42 Å². The van der Waals surface area contributed by atoms with Crippen LogP contribution in [0.5, 0.6) is 0 Å². The molecule has 2 heterocycles. The van der Waals surface area contributed by atoms with E-state index in [1.807, 2.05) is 0 Å². The van der Waals surface area contributed by atoms with E-state index in [9.17, 15) is 8.42 Å². The second-order valence-electron chi connectivity index (χ2n) is 3.22. The Balaban J connectivity index is 2.25. The quantitative estimate of drug-likeness (QED) is 0.524. The van der Waals surface area contributed by atoms with Gasteiger partial charge < -0.3 is 5.43 Å². The SMILES string of the molecule is NNc1ccc(S(=O)(=O)Nc2cnccn2)cn1. The third-order valence-corrected chi connectivity index (χ3v) is 3.34. The van der Waals surface area contributed by atoms with Gasteiger partial charge in [-0.05, 0) is 12.1 Å². The molecule has 0 spiro atoms. The first kappa shape index (κ1) is 12.2. The van der Waals surface area contributed by atoms with Gasteiger partial charge in [0, 0.05) is 18.6 Å². The summed E-state index contributed by atoms with van der Waals surface area (Å²) in [5.41, 5.74) is 2.31. The largest absolute Gasteiger partial charge is 0.308 e. The number of sulfonamides is 1. The molecular weight excluding hydrogens is 256 g/mol. The molecule has 94 valence electrons. The predicted octanol–water partition coefficient (Wildman–Crippen LogP) is -0.0420. The number of hydrogen-bond donors (Lipinski definition) is 3. The maximum atomic E-state index is 11.9. The molecule has 0 fully saturated rings. The van der Waals surface area contributed by atoms with Crippen LogP contribution in [0.4, 0.5) is 11.6 Å². The van der Waals surface area contributed by atoms with Gasteiger partial charge in [-0.3, -0.25) is 9.71 Å². The molecule has 0 atom stereocenters. The zero-order chi connectivity index (χ0) is 13.0. The van der Waals surface area contributed by atoms with Crippen LogP contribution >= 0.6 is 0 Å². The van der Waals surface area contributed by atoms with Gasteiger partial charge in [0.2, 0.25) is 0 Å². The van der Waals surface area contributed by atoms with E-state index in [-0.39, 0.29) is 10.7 Å². The van der Waals surface area contributed by atoms with Crippen LogP contribution < -0.4 is 16.0 Å². The van der Waals surface area contributed by atoms with Crippen LogP contribution in [0.1, 0.15) is 0 Å². The molecule has 0 saturated heterocycles. The molecule has 0 aliphatic carbocycles. The molecular formula is C9H10N6O2S. The normalized spacial score (nSPS) is 10.9. The second-order valence-corrected chi connectivity index (χ2v) is 4.90. The van der Waals surface area contributed by atoms with Crippen LogP contribution in [0.25, 0.3) is 0 Å². The van der Waals surface area contributed by atoms with Crippen molar-refractivity contribution in [3.8, 4) is 0 Å². The molecule has 0 aliphatic rings. The van der Waals surface area contributed by atoms with Crippen molar-refractivity contribution in [2.75, 3.05) is 10.1 Å². The first-order valence-electron chi connectivity index (χ1n) is 4.83. The first-order valence-corrected chi connectivity index (χ1v) is 6.31. The summed E-state index contributed by atoms with van der Waals surface area (Å²) in [6.45, 7) is 0. The molecule has 18 heavy (non-hydrogen) atoms. The molecule has 0 aromatic carbocycles. The van der Waals surface area contributed by atoms with Crippen molar-refractivity contribution in [1.29, 1.82) is 0 Å². The Kier molecular flexibility index (Phi) is 3.35. The molecule has 0 bridgehead atoms. The van der Waals surface area contributed by atoms with Gasteiger partial charge in [0.1, 0.15) is 10.7 Å². The van der Waals surface area contributed by atoms with Gasteiger partial charge in [0.15, 0.2) is 5.82 Å². The smallest absolute Gasteiger partial charge is 0.264 e. The summed E-state index contributed by atoms with van der Waals surface area (Å²) in [5.74, 6) is 5.64. The Bertz CT molecular complexity index is 613. The van der Waals surface area contributed by atoms with E-state index in [1.165, 1.54) is 36.9 Å².